The lowest BCUT2D eigenvalue weighted by atomic mass is 10.2. The highest BCUT2D eigenvalue weighted by Crippen LogP contribution is 2.30. The third kappa shape index (κ3) is 2.94. The second kappa shape index (κ2) is 5.66. The Kier molecular flexibility index (Phi) is 4.31. The molecule has 0 spiro atoms. The number of fused-ring (bicyclic) bond motifs is 1. The fourth-order valence-corrected chi connectivity index (χ4v) is 4.22. The van der Waals surface area contributed by atoms with Crippen molar-refractivity contribution in [2.75, 3.05) is 19.0 Å². The van der Waals surface area contributed by atoms with Crippen LogP contribution >= 0.6 is 11.3 Å². The molecule has 0 radical (unpaired) electrons. The van der Waals surface area contributed by atoms with Crippen LogP contribution in [0.1, 0.15) is 24.4 Å². The maximum Gasteiger partial charge on any atom is 0.413 e. The molecule has 7 nitrogen and oxygen atoms in total. The molecule has 1 amide bonds. The van der Waals surface area contributed by atoms with Crippen molar-refractivity contribution >= 4 is 32.6 Å². The van der Waals surface area contributed by atoms with E-state index in [9.17, 15) is 13.2 Å². The number of nitrogens with one attached hydrogen (secondary N) is 1. The third-order valence-electron chi connectivity index (χ3n) is 3.05. The number of anilines is 1. The van der Waals surface area contributed by atoms with Crippen LogP contribution in [0.3, 0.4) is 0 Å². The van der Waals surface area contributed by atoms with Gasteiger partial charge in [0.05, 0.1) is 18.1 Å². The summed E-state index contributed by atoms with van der Waals surface area (Å²) in [6.45, 7) is 4.08. The zero-order chi connectivity index (χ0) is 14.9. The number of sulfonamides is 1. The van der Waals surface area contributed by atoms with E-state index in [4.69, 9.17) is 0 Å². The first-order valence-electron chi connectivity index (χ1n) is 6.17. The van der Waals surface area contributed by atoms with Gasteiger partial charge >= 0.3 is 6.09 Å². The predicted octanol–water partition coefficient (Wildman–Crippen LogP) is 1.42. The largest absolute Gasteiger partial charge is 0.453 e. The van der Waals surface area contributed by atoms with Gasteiger partial charge in [-0.2, -0.15) is 4.31 Å². The molecule has 0 bridgehead atoms. The number of thiazole rings is 1. The van der Waals surface area contributed by atoms with Gasteiger partial charge in [-0.1, -0.05) is 11.3 Å². The number of rotatable bonds is 3. The summed E-state index contributed by atoms with van der Waals surface area (Å²) in [6.07, 6.45) is -0.0246. The number of hydrogen-bond donors (Lipinski definition) is 1. The number of ether oxygens (including phenoxy) is 1. The molecule has 1 aliphatic heterocycles. The first kappa shape index (κ1) is 15.2. The highest BCUT2D eigenvalue weighted by molar-refractivity contribution is 7.89. The minimum atomic E-state index is -3.26. The Labute approximate surface area is 122 Å². The molecule has 1 N–H and O–H groups in total. The minimum absolute atomic E-state index is 0.316. The van der Waals surface area contributed by atoms with Crippen molar-refractivity contribution in [1.29, 1.82) is 0 Å². The van der Waals surface area contributed by atoms with E-state index in [-0.39, 0.29) is 0 Å². The van der Waals surface area contributed by atoms with Crippen molar-refractivity contribution in [2.24, 2.45) is 0 Å². The predicted molar refractivity (Wildman–Crippen MR) is 76.3 cm³/mol. The van der Waals surface area contributed by atoms with Crippen molar-refractivity contribution in [3.05, 3.63) is 10.6 Å². The van der Waals surface area contributed by atoms with Gasteiger partial charge in [-0.25, -0.2) is 18.2 Å². The molecule has 2 rings (SSSR count). The molecule has 0 saturated carbocycles. The number of methoxy groups -OCH3 is 1. The maximum absolute atomic E-state index is 12.1. The molecule has 0 unspecified atom stereocenters. The lowest BCUT2D eigenvalue weighted by Gasteiger charge is -2.26. The molecule has 112 valence electrons. The van der Waals surface area contributed by atoms with Crippen molar-refractivity contribution in [3.8, 4) is 0 Å². The molecule has 1 aromatic rings. The van der Waals surface area contributed by atoms with Crippen LogP contribution in [0.2, 0.25) is 0 Å². The summed E-state index contributed by atoms with van der Waals surface area (Å²) < 4.78 is 30.3. The molecular weight excluding hydrogens is 302 g/mol. The van der Waals surface area contributed by atoms with Crippen LogP contribution in [0.5, 0.6) is 0 Å². The van der Waals surface area contributed by atoms with Gasteiger partial charge in [-0.05, 0) is 13.8 Å². The maximum atomic E-state index is 12.1. The van der Waals surface area contributed by atoms with E-state index < -0.39 is 21.4 Å². The second-order valence-corrected chi connectivity index (χ2v) is 8.26. The summed E-state index contributed by atoms with van der Waals surface area (Å²) in [5.41, 5.74) is 0.844. The van der Waals surface area contributed by atoms with Crippen LogP contribution in [0.4, 0.5) is 9.93 Å². The Morgan fingerprint density at radius 1 is 1.50 bits per heavy atom. The Morgan fingerprint density at radius 2 is 2.20 bits per heavy atom. The number of carbonyl (C=O) groups excluding carboxylic acids is 1. The van der Waals surface area contributed by atoms with E-state index in [0.717, 1.165) is 10.6 Å². The third-order valence-corrected chi connectivity index (χ3v) is 6.27. The normalized spacial score (nSPS) is 16.0. The summed E-state index contributed by atoms with van der Waals surface area (Å²) in [5.74, 6) is 0. The lowest BCUT2D eigenvalue weighted by molar-refractivity contribution is 0.187. The molecule has 0 fully saturated rings. The van der Waals surface area contributed by atoms with E-state index in [1.54, 1.807) is 13.8 Å². The van der Waals surface area contributed by atoms with Crippen LogP contribution < -0.4 is 5.32 Å². The van der Waals surface area contributed by atoms with Gasteiger partial charge in [0.1, 0.15) is 0 Å². The zero-order valence-electron chi connectivity index (χ0n) is 11.5. The molecule has 0 aromatic carbocycles. The summed E-state index contributed by atoms with van der Waals surface area (Å²) >= 11 is 1.28. The van der Waals surface area contributed by atoms with Crippen LogP contribution in [0, 0.1) is 0 Å². The number of nitrogens with zero attached hydrogens (tertiary/aromatic N) is 2. The second-order valence-electron chi connectivity index (χ2n) is 4.68. The van der Waals surface area contributed by atoms with Gasteiger partial charge in [-0.3, -0.25) is 5.32 Å². The van der Waals surface area contributed by atoms with Crippen molar-refractivity contribution in [2.45, 2.75) is 32.1 Å². The highest BCUT2D eigenvalue weighted by atomic mass is 32.2. The number of hydrogen-bond acceptors (Lipinski definition) is 6. The minimum Gasteiger partial charge on any atom is -0.453 e. The first-order chi connectivity index (χ1) is 9.34. The lowest BCUT2D eigenvalue weighted by Crippen LogP contribution is -2.39. The molecule has 0 aliphatic carbocycles. The van der Waals surface area contributed by atoms with Gasteiger partial charge in [0.15, 0.2) is 5.13 Å². The van der Waals surface area contributed by atoms with E-state index in [1.807, 2.05) is 0 Å². The standard InChI is InChI=1S/C11H17N3O4S2/c1-7(2)20(16,17)14-5-4-8-9(6-14)19-10(12-8)13-11(15)18-3/h7H,4-6H2,1-3H3,(H,12,13,15). The number of aromatic nitrogens is 1. The van der Waals surface area contributed by atoms with E-state index in [0.29, 0.717) is 24.6 Å². The quantitative estimate of drug-likeness (QED) is 0.910. The molecule has 2 heterocycles. The summed E-state index contributed by atoms with van der Waals surface area (Å²) in [6, 6.07) is 0. The average Bonchev–Trinajstić information content (AvgIpc) is 2.79. The molecular formula is C11H17N3O4S2. The van der Waals surface area contributed by atoms with Gasteiger partial charge < -0.3 is 4.74 Å². The van der Waals surface area contributed by atoms with Crippen LogP contribution in [-0.4, -0.2) is 42.7 Å². The van der Waals surface area contributed by atoms with Gasteiger partial charge in [0, 0.05) is 24.4 Å². The molecule has 0 saturated heterocycles. The number of amides is 1. The van der Waals surface area contributed by atoms with Crippen LogP contribution in [0.15, 0.2) is 0 Å². The van der Waals surface area contributed by atoms with Crippen molar-refractivity contribution < 1.29 is 17.9 Å². The highest BCUT2D eigenvalue weighted by Gasteiger charge is 2.31. The smallest absolute Gasteiger partial charge is 0.413 e. The Balaban J connectivity index is 2.17. The Bertz CT molecular complexity index is 609. The zero-order valence-corrected chi connectivity index (χ0v) is 13.2. The molecule has 0 atom stereocenters. The SMILES string of the molecule is COC(=O)Nc1nc2c(s1)CN(S(=O)(=O)C(C)C)CC2. The van der Waals surface area contributed by atoms with Gasteiger partial charge in [0.2, 0.25) is 10.0 Å². The Morgan fingerprint density at radius 3 is 2.80 bits per heavy atom. The van der Waals surface area contributed by atoms with Gasteiger partial charge in [0.25, 0.3) is 0 Å². The molecule has 20 heavy (non-hydrogen) atoms. The monoisotopic (exact) mass is 319 g/mol. The summed E-state index contributed by atoms with van der Waals surface area (Å²) in [7, 11) is -1.98. The topological polar surface area (TPSA) is 88.6 Å². The van der Waals surface area contributed by atoms with Gasteiger partial charge in [-0.15, -0.1) is 0 Å². The fraction of sp³-hybridized carbons (Fsp3) is 0.636. The van der Waals surface area contributed by atoms with Crippen molar-refractivity contribution in [1.82, 2.24) is 9.29 Å². The first-order valence-corrected chi connectivity index (χ1v) is 8.49. The molecule has 1 aliphatic rings. The summed E-state index contributed by atoms with van der Waals surface area (Å²) in [5, 5.41) is 2.50. The Hall–Kier alpha value is -1.19. The molecule has 1 aromatic heterocycles. The van der Waals surface area contributed by atoms with Crippen LogP contribution in [0.25, 0.3) is 0 Å². The van der Waals surface area contributed by atoms with E-state index in [2.05, 4.69) is 15.0 Å². The summed E-state index contributed by atoms with van der Waals surface area (Å²) in [4.78, 5) is 16.3. The number of carbonyl (C=O) groups is 1. The van der Waals surface area contributed by atoms with E-state index >= 15 is 0 Å². The van der Waals surface area contributed by atoms with Crippen LogP contribution in [-0.2, 0) is 27.7 Å². The fourth-order valence-electron chi connectivity index (χ4n) is 1.88. The van der Waals surface area contributed by atoms with Crippen molar-refractivity contribution in [3.63, 3.8) is 0 Å². The van der Waals surface area contributed by atoms with E-state index in [1.165, 1.54) is 22.8 Å². The molecule has 9 heteroatoms. The average molecular weight is 319 g/mol.